The zero-order valence-corrected chi connectivity index (χ0v) is 21.5. The van der Waals surface area contributed by atoms with Crippen LogP contribution in [0.15, 0.2) is 78.9 Å². The number of nitrogens with zero attached hydrogens (tertiary/aromatic N) is 3. The van der Waals surface area contributed by atoms with Gasteiger partial charge in [-0.3, -0.25) is 19.3 Å². The van der Waals surface area contributed by atoms with Crippen molar-refractivity contribution in [2.45, 2.75) is 51.7 Å². The average molecular weight is 496 g/mol. The lowest BCUT2D eigenvalue weighted by Crippen LogP contribution is -2.54. The van der Waals surface area contributed by atoms with E-state index in [1.54, 1.807) is 17.0 Å². The topological polar surface area (TPSA) is 60.9 Å². The number of amides is 3. The fraction of sp³-hybridized carbons (Fsp3) is 0.323. The molecule has 2 aliphatic heterocycles. The summed E-state index contributed by atoms with van der Waals surface area (Å²) in [5.74, 6) is -0.748. The van der Waals surface area contributed by atoms with Crippen molar-refractivity contribution in [3.8, 4) is 0 Å². The minimum absolute atomic E-state index is 0.00849. The molecule has 0 bridgehead atoms. The number of hydrogen-bond acceptors (Lipinski definition) is 4. The van der Waals surface area contributed by atoms with Crippen molar-refractivity contribution in [3.63, 3.8) is 0 Å². The summed E-state index contributed by atoms with van der Waals surface area (Å²) in [6.07, 6.45) is 1.52. The van der Waals surface area contributed by atoms with E-state index < -0.39 is 6.04 Å². The third-order valence-corrected chi connectivity index (χ3v) is 7.56. The first-order chi connectivity index (χ1) is 17.9. The van der Waals surface area contributed by atoms with E-state index in [9.17, 15) is 14.4 Å². The van der Waals surface area contributed by atoms with Gasteiger partial charge in [0, 0.05) is 31.2 Å². The molecule has 1 atom stereocenters. The van der Waals surface area contributed by atoms with Crippen molar-refractivity contribution < 1.29 is 14.4 Å². The van der Waals surface area contributed by atoms with Crippen LogP contribution in [-0.2, 0) is 16.1 Å². The fourth-order valence-electron chi connectivity index (χ4n) is 5.51. The van der Waals surface area contributed by atoms with Crippen molar-refractivity contribution in [2.24, 2.45) is 0 Å². The molecule has 0 saturated carbocycles. The van der Waals surface area contributed by atoms with Gasteiger partial charge in [0.1, 0.15) is 6.04 Å². The summed E-state index contributed by atoms with van der Waals surface area (Å²) < 4.78 is 0. The Labute approximate surface area is 218 Å². The Hall–Kier alpha value is -3.77. The SMILES string of the molecule is Cc1ccc(N2C(=O)CC(N(C(=O)c3ccccc3C)C3CCN(Cc4ccccc4)CC3)C2=O)cc1. The van der Waals surface area contributed by atoms with Crippen LogP contribution < -0.4 is 4.90 Å². The maximum atomic E-state index is 14.0. The van der Waals surface area contributed by atoms with Crippen molar-refractivity contribution in [1.29, 1.82) is 0 Å². The van der Waals surface area contributed by atoms with Crippen molar-refractivity contribution in [2.75, 3.05) is 18.0 Å². The molecule has 0 aliphatic carbocycles. The maximum absolute atomic E-state index is 14.0. The summed E-state index contributed by atoms with van der Waals surface area (Å²) in [5.41, 5.74) is 4.33. The molecule has 1 unspecified atom stereocenters. The van der Waals surface area contributed by atoms with Crippen LogP contribution in [0.5, 0.6) is 0 Å². The third-order valence-electron chi connectivity index (χ3n) is 7.56. The van der Waals surface area contributed by atoms with Gasteiger partial charge in [0.2, 0.25) is 5.91 Å². The first-order valence-corrected chi connectivity index (χ1v) is 13.0. The van der Waals surface area contributed by atoms with Gasteiger partial charge in [-0.15, -0.1) is 0 Å². The molecule has 0 N–H and O–H groups in total. The number of rotatable bonds is 6. The number of anilines is 1. The Balaban J connectivity index is 1.40. The van der Waals surface area contributed by atoms with Crippen LogP contribution in [0, 0.1) is 13.8 Å². The van der Waals surface area contributed by atoms with Gasteiger partial charge in [-0.25, -0.2) is 4.90 Å². The molecule has 0 aromatic heterocycles. The quantitative estimate of drug-likeness (QED) is 0.464. The van der Waals surface area contributed by atoms with Gasteiger partial charge in [-0.2, -0.15) is 0 Å². The summed E-state index contributed by atoms with van der Waals surface area (Å²) in [5, 5.41) is 0. The Kier molecular flexibility index (Phi) is 7.19. The van der Waals surface area contributed by atoms with E-state index >= 15 is 0 Å². The van der Waals surface area contributed by atoms with Gasteiger partial charge in [-0.05, 0) is 56.0 Å². The minimum Gasteiger partial charge on any atom is -0.323 e. The fourth-order valence-corrected chi connectivity index (χ4v) is 5.51. The molecular formula is C31H33N3O3. The van der Waals surface area contributed by atoms with Gasteiger partial charge in [0.25, 0.3) is 11.8 Å². The van der Waals surface area contributed by atoms with Crippen LogP contribution in [0.3, 0.4) is 0 Å². The van der Waals surface area contributed by atoms with Crippen LogP contribution in [0.2, 0.25) is 0 Å². The molecule has 6 heteroatoms. The molecule has 2 heterocycles. The molecule has 3 aromatic rings. The number of benzene rings is 3. The molecule has 2 saturated heterocycles. The summed E-state index contributed by atoms with van der Waals surface area (Å²) in [4.78, 5) is 46.2. The summed E-state index contributed by atoms with van der Waals surface area (Å²) in [6, 6.07) is 24.3. The monoisotopic (exact) mass is 495 g/mol. The highest BCUT2D eigenvalue weighted by Crippen LogP contribution is 2.31. The first kappa shape index (κ1) is 24.9. The Morgan fingerprint density at radius 1 is 0.865 bits per heavy atom. The van der Waals surface area contributed by atoms with Crippen LogP contribution >= 0.6 is 0 Å². The lowest BCUT2D eigenvalue weighted by molar-refractivity contribution is -0.123. The van der Waals surface area contributed by atoms with Gasteiger partial charge >= 0.3 is 0 Å². The predicted octanol–water partition coefficient (Wildman–Crippen LogP) is 4.74. The second kappa shape index (κ2) is 10.7. The molecule has 2 fully saturated rings. The van der Waals surface area contributed by atoms with Gasteiger partial charge < -0.3 is 4.90 Å². The molecule has 190 valence electrons. The second-order valence-electron chi connectivity index (χ2n) is 10.1. The number of piperidine rings is 1. The molecule has 3 amide bonds. The number of hydrogen-bond donors (Lipinski definition) is 0. The molecule has 0 spiro atoms. The van der Waals surface area contributed by atoms with E-state index in [0.29, 0.717) is 11.3 Å². The number of carbonyl (C=O) groups excluding carboxylic acids is 3. The van der Waals surface area contributed by atoms with E-state index in [0.717, 1.165) is 43.6 Å². The Morgan fingerprint density at radius 3 is 2.19 bits per heavy atom. The summed E-state index contributed by atoms with van der Waals surface area (Å²) >= 11 is 0. The number of imide groups is 1. The van der Waals surface area contributed by atoms with E-state index in [2.05, 4.69) is 17.0 Å². The highest BCUT2D eigenvalue weighted by molar-refractivity contribution is 6.23. The highest BCUT2D eigenvalue weighted by atomic mass is 16.2. The number of carbonyl (C=O) groups is 3. The predicted molar refractivity (Wildman–Crippen MR) is 144 cm³/mol. The van der Waals surface area contributed by atoms with Crippen LogP contribution in [-0.4, -0.2) is 52.7 Å². The molecule has 37 heavy (non-hydrogen) atoms. The van der Waals surface area contributed by atoms with Crippen molar-refractivity contribution in [1.82, 2.24) is 9.80 Å². The zero-order valence-electron chi connectivity index (χ0n) is 21.5. The average Bonchev–Trinajstić information content (AvgIpc) is 3.20. The molecular weight excluding hydrogens is 462 g/mol. The molecule has 0 radical (unpaired) electrons. The minimum atomic E-state index is -0.799. The number of likely N-dealkylation sites (tertiary alicyclic amines) is 1. The lowest BCUT2D eigenvalue weighted by Gasteiger charge is -2.41. The Morgan fingerprint density at radius 2 is 1.51 bits per heavy atom. The van der Waals surface area contributed by atoms with E-state index in [4.69, 9.17) is 0 Å². The largest absolute Gasteiger partial charge is 0.323 e. The van der Waals surface area contributed by atoms with Crippen LogP contribution in [0.4, 0.5) is 5.69 Å². The number of aryl methyl sites for hydroxylation is 2. The smallest absolute Gasteiger partial charge is 0.257 e. The normalized spacial score (nSPS) is 18.9. The van der Waals surface area contributed by atoms with Crippen molar-refractivity contribution in [3.05, 3.63) is 101 Å². The first-order valence-electron chi connectivity index (χ1n) is 13.0. The van der Waals surface area contributed by atoms with E-state index in [1.165, 1.54) is 10.5 Å². The van der Waals surface area contributed by atoms with Crippen LogP contribution in [0.25, 0.3) is 0 Å². The second-order valence-corrected chi connectivity index (χ2v) is 10.1. The Bertz CT molecular complexity index is 1280. The standard InChI is InChI=1S/C31H33N3O3/c1-22-12-14-25(15-13-22)34-29(35)20-28(31(34)37)33(30(36)27-11-7-6-8-23(27)2)26-16-18-32(19-17-26)21-24-9-4-3-5-10-24/h3-15,26,28H,16-21H2,1-2H3. The van der Waals surface area contributed by atoms with Crippen LogP contribution in [0.1, 0.15) is 46.3 Å². The van der Waals surface area contributed by atoms with Gasteiger partial charge in [-0.1, -0.05) is 66.2 Å². The molecule has 5 rings (SSSR count). The molecule has 6 nitrogen and oxygen atoms in total. The summed E-state index contributed by atoms with van der Waals surface area (Å²) in [7, 11) is 0. The maximum Gasteiger partial charge on any atom is 0.257 e. The lowest BCUT2D eigenvalue weighted by atomic mass is 9.97. The van der Waals surface area contributed by atoms with Crippen molar-refractivity contribution >= 4 is 23.4 Å². The van der Waals surface area contributed by atoms with Gasteiger partial charge in [0.15, 0.2) is 0 Å². The molecule has 3 aromatic carbocycles. The third kappa shape index (κ3) is 5.20. The highest BCUT2D eigenvalue weighted by Gasteiger charge is 2.47. The summed E-state index contributed by atoms with van der Waals surface area (Å²) in [6.45, 7) is 6.39. The van der Waals surface area contributed by atoms with Gasteiger partial charge in [0.05, 0.1) is 12.1 Å². The zero-order chi connectivity index (χ0) is 25.9. The van der Waals surface area contributed by atoms with E-state index in [1.807, 2.05) is 68.4 Å². The van der Waals surface area contributed by atoms with E-state index in [-0.39, 0.29) is 30.2 Å². The molecule has 2 aliphatic rings.